The third-order valence-corrected chi connectivity index (χ3v) is 3.90. The molecule has 0 aromatic heterocycles. The molecule has 3 heteroatoms. The van der Waals surface area contributed by atoms with Crippen LogP contribution in [0.3, 0.4) is 0 Å². The zero-order valence-corrected chi connectivity index (χ0v) is 12.1. The number of carbonyl (C=O) groups excluding carboxylic acids is 1. The van der Waals surface area contributed by atoms with Crippen molar-refractivity contribution in [1.29, 1.82) is 0 Å². The SMILES string of the molecule is CC1CCN(C(=O)Nc2ccccc2C(C)C)CC1. The second-order valence-corrected chi connectivity index (χ2v) is 5.84. The quantitative estimate of drug-likeness (QED) is 0.854. The van der Waals surface area contributed by atoms with Gasteiger partial charge in [0.1, 0.15) is 0 Å². The molecule has 1 aromatic rings. The fourth-order valence-electron chi connectivity index (χ4n) is 2.52. The Kier molecular flexibility index (Phi) is 4.46. The van der Waals surface area contributed by atoms with Crippen LogP contribution < -0.4 is 5.32 Å². The number of hydrogen-bond donors (Lipinski definition) is 1. The Morgan fingerprint density at radius 2 is 1.89 bits per heavy atom. The van der Waals surface area contributed by atoms with E-state index in [1.807, 2.05) is 23.1 Å². The van der Waals surface area contributed by atoms with E-state index >= 15 is 0 Å². The van der Waals surface area contributed by atoms with Crippen LogP contribution in [-0.4, -0.2) is 24.0 Å². The van der Waals surface area contributed by atoms with Gasteiger partial charge in [-0.3, -0.25) is 0 Å². The van der Waals surface area contributed by atoms with Gasteiger partial charge in [0.05, 0.1) is 0 Å². The summed E-state index contributed by atoms with van der Waals surface area (Å²) in [5.74, 6) is 1.16. The van der Waals surface area contributed by atoms with Crippen molar-refractivity contribution in [2.75, 3.05) is 18.4 Å². The van der Waals surface area contributed by atoms with Gasteiger partial charge in [-0.25, -0.2) is 4.79 Å². The smallest absolute Gasteiger partial charge is 0.321 e. The molecule has 0 radical (unpaired) electrons. The van der Waals surface area contributed by atoms with Crippen molar-refractivity contribution < 1.29 is 4.79 Å². The highest BCUT2D eigenvalue weighted by molar-refractivity contribution is 5.90. The lowest BCUT2D eigenvalue weighted by molar-refractivity contribution is 0.186. The van der Waals surface area contributed by atoms with E-state index in [0.29, 0.717) is 5.92 Å². The number of amides is 2. The molecular weight excluding hydrogens is 236 g/mol. The van der Waals surface area contributed by atoms with Crippen molar-refractivity contribution in [2.24, 2.45) is 5.92 Å². The first-order valence-electron chi connectivity index (χ1n) is 7.22. The molecule has 0 aliphatic carbocycles. The molecule has 1 aliphatic rings. The van der Waals surface area contributed by atoms with Gasteiger partial charge < -0.3 is 10.2 Å². The Labute approximate surface area is 116 Å². The van der Waals surface area contributed by atoms with Crippen molar-refractivity contribution in [3.05, 3.63) is 29.8 Å². The third kappa shape index (κ3) is 3.49. The maximum absolute atomic E-state index is 12.3. The van der Waals surface area contributed by atoms with Gasteiger partial charge >= 0.3 is 6.03 Å². The first-order chi connectivity index (χ1) is 9.08. The minimum Gasteiger partial charge on any atom is -0.325 e. The van der Waals surface area contributed by atoms with E-state index in [9.17, 15) is 4.79 Å². The first kappa shape index (κ1) is 13.9. The van der Waals surface area contributed by atoms with E-state index in [1.54, 1.807) is 0 Å². The lowest BCUT2D eigenvalue weighted by atomic mass is 9.99. The number of urea groups is 1. The summed E-state index contributed by atoms with van der Waals surface area (Å²) in [6, 6.07) is 8.10. The highest BCUT2D eigenvalue weighted by atomic mass is 16.2. The van der Waals surface area contributed by atoms with Crippen LogP contribution in [0.15, 0.2) is 24.3 Å². The predicted octanol–water partition coefficient (Wildman–Crippen LogP) is 4.07. The highest BCUT2D eigenvalue weighted by Crippen LogP contribution is 2.24. The average Bonchev–Trinajstić information content (AvgIpc) is 2.39. The molecule has 1 aliphatic heterocycles. The minimum absolute atomic E-state index is 0.0417. The maximum Gasteiger partial charge on any atom is 0.321 e. The maximum atomic E-state index is 12.3. The number of para-hydroxylation sites is 1. The number of piperidine rings is 1. The van der Waals surface area contributed by atoms with E-state index in [-0.39, 0.29) is 6.03 Å². The lowest BCUT2D eigenvalue weighted by Crippen LogP contribution is -2.40. The molecule has 1 aromatic carbocycles. The van der Waals surface area contributed by atoms with Crippen LogP contribution in [-0.2, 0) is 0 Å². The predicted molar refractivity (Wildman–Crippen MR) is 79.5 cm³/mol. The van der Waals surface area contributed by atoms with Gasteiger partial charge in [-0.05, 0) is 36.3 Å². The summed E-state index contributed by atoms with van der Waals surface area (Å²) in [5, 5.41) is 3.06. The first-order valence-corrected chi connectivity index (χ1v) is 7.22. The number of nitrogens with zero attached hydrogens (tertiary/aromatic N) is 1. The summed E-state index contributed by atoms with van der Waals surface area (Å²) in [7, 11) is 0. The summed E-state index contributed by atoms with van der Waals surface area (Å²) < 4.78 is 0. The zero-order chi connectivity index (χ0) is 13.8. The zero-order valence-electron chi connectivity index (χ0n) is 12.1. The third-order valence-electron chi connectivity index (χ3n) is 3.90. The van der Waals surface area contributed by atoms with E-state index in [4.69, 9.17) is 0 Å². The molecular formula is C16H24N2O. The standard InChI is InChI=1S/C16H24N2O/c1-12(2)14-6-4-5-7-15(14)17-16(19)18-10-8-13(3)9-11-18/h4-7,12-13H,8-11H2,1-3H3,(H,17,19). The molecule has 1 heterocycles. The molecule has 2 amide bonds. The summed E-state index contributed by atoms with van der Waals surface area (Å²) in [6.07, 6.45) is 2.22. The van der Waals surface area contributed by atoms with E-state index in [2.05, 4.69) is 32.2 Å². The van der Waals surface area contributed by atoms with Gasteiger partial charge in [0.25, 0.3) is 0 Å². The fraction of sp³-hybridized carbons (Fsp3) is 0.562. The number of hydrogen-bond acceptors (Lipinski definition) is 1. The van der Waals surface area contributed by atoms with Gasteiger partial charge in [-0.15, -0.1) is 0 Å². The highest BCUT2D eigenvalue weighted by Gasteiger charge is 2.20. The topological polar surface area (TPSA) is 32.3 Å². The minimum atomic E-state index is 0.0417. The summed E-state index contributed by atoms with van der Waals surface area (Å²) in [6.45, 7) is 8.29. The Morgan fingerprint density at radius 1 is 1.26 bits per heavy atom. The molecule has 0 unspecified atom stereocenters. The molecule has 19 heavy (non-hydrogen) atoms. The number of likely N-dealkylation sites (tertiary alicyclic amines) is 1. The van der Waals surface area contributed by atoms with Crippen LogP contribution in [0.25, 0.3) is 0 Å². The lowest BCUT2D eigenvalue weighted by Gasteiger charge is -2.30. The Morgan fingerprint density at radius 3 is 2.53 bits per heavy atom. The van der Waals surface area contributed by atoms with Crippen LogP contribution in [0, 0.1) is 5.92 Å². The molecule has 1 N–H and O–H groups in total. The van der Waals surface area contributed by atoms with Crippen molar-refractivity contribution in [3.63, 3.8) is 0 Å². The molecule has 1 saturated heterocycles. The van der Waals surface area contributed by atoms with Crippen LogP contribution >= 0.6 is 0 Å². The fourth-order valence-corrected chi connectivity index (χ4v) is 2.52. The number of nitrogens with one attached hydrogen (secondary N) is 1. The average molecular weight is 260 g/mol. The number of rotatable bonds is 2. The Balaban J connectivity index is 2.03. The van der Waals surface area contributed by atoms with Gasteiger partial charge in [0, 0.05) is 18.8 Å². The normalized spacial score (nSPS) is 16.7. The van der Waals surface area contributed by atoms with Crippen LogP contribution in [0.2, 0.25) is 0 Å². The molecule has 2 rings (SSSR count). The Hall–Kier alpha value is -1.51. The Bertz CT molecular complexity index is 434. The van der Waals surface area contributed by atoms with Crippen LogP contribution in [0.4, 0.5) is 10.5 Å². The van der Waals surface area contributed by atoms with Crippen molar-refractivity contribution in [2.45, 2.75) is 39.5 Å². The molecule has 0 saturated carbocycles. The van der Waals surface area contributed by atoms with E-state index < -0.39 is 0 Å². The molecule has 0 atom stereocenters. The van der Waals surface area contributed by atoms with Crippen LogP contribution in [0.1, 0.15) is 45.1 Å². The molecule has 3 nitrogen and oxygen atoms in total. The monoisotopic (exact) mass is 260 g/mol. The van der Waals surface area contributed by atoms with Gasteiger partial charge in [0.15, 0.2) is 0 Å². The number of benzene rings is 1. The van der Waals surface area contributed by atoms with Crippen LogP contribution in [0.5, 0.6) is 0 Å². The van der Waals surface area contributed by atoms with Gasteiger partial charge in [0.2, 0.25) is 0 Å². The van der Waals surface area contributed by atoms with E-state index in [1.165, 1.54) is 5.56 Å². The van der Waals surface area contributed by atoms with Crippen molar-refractivity contribution in [1.82, 2.24) is 4.90 Å². The summed E-state index contributed by atoms with van der Waals surface area (Å²) in [5.41, 5.74) is 2.14. The van der Waals surface area contributed by atoms with Crippen molar-refractivity contribution >= 4 is 11.7 Å². The largest absolute Gasteiger partial charge is 0.325 e. The second kappa shape index (κ2) is 6.09. The molecule has 0 bridgehead atoms. The van der Waals surface area contributed by atoms with Gasteiger partial charge in [-0.1, -0.05) is 39.0 Å². The van der Waals surface area contributed by atoms with Crippen molar-refractivity contribution in [3.8, 4) is 0 Å². The number of carbonyl (C=O) groups is 1. The second-order valence-electron chi connectivity index (χ2n) is 5.84. The molecule has 104 valence electrons. The van der Waals surface area contributed by atoms with Gasteiger partial charge in [-0.2, -0.15) is 0 Å². The summed E-state index contributed by atoms with van der Waals surface area (Å²) >= 11 is 0. The number of anilines is 1. The van der Waals surface area contributed by atoms with E-state index in [0.717, 1.165) is 37.5 Å². The molecule has 0 spiro atoms. The molecule has 1 fully saturated rings. The summed E-state index contributed by atoms with van der Waals surface area (Å²) in [4.78, 5) is 14.2.